The number of hydrogen-bond acceptors (Lipinski definition) is 3. The van der Waals surface area contributed by atoms with Crippen molar-refractivity contribution in [1.82, 2.24) is 4.98 Å². The Labute approximate surface area is 82.0 Å². The average Bonchev–Trinajstić information content (AvgIpc) is 2.92. The SMILES string of the molecule is Cc1ccnc(C#N)c1SC1CC1. The van der Waals surface area contributed by atoms with E-state index in [2.05, 4.69) is 11.1 Å². The molecule has 0 bridgehead atoms. The van der Waals surface area contributed by atoms with Gasteiger partial charge in [0.2, 0.25) is 0 Å². The number of pyridine rings is 1. The molecule has 0 aromatic carbocycles. The minimum atomic E-state index is 0.580. The first-order valence-corrected chi connectivity index (χ1v) is 5.21. The molecule has 3 heteroatoms. The van der Waals surface area contributed by atoms with Gasteiger partial charge in [0.05, 0.1) is 0 Å². The second kappa shape index (κ2) is 3.39. The third kappa shape index (κ3) is 1.84. The van der Waals surface area contributed by atoms with Crippen LogP contribution in [0, 0.1) is 18.3 Å². The van der Waals surface area contributed by atoms with Crippen molar-refractivity contribution in [2.24, 2.45) is 0 Å². The van der Waals surface area contributed by atoms with Crippen molar-refractivity contribution in [3.05, 3.63) is 23.5 Å². The molecule has 1 saturated carbocycles. The molecule has 1 fully saturated rings. The van der Waals surface area contributed by atoms with Crippen molar-refractivity contribution in [1.29, 1.82) is 5.26 Å². The molecule has 1 aromatic heterocycles. The molecule has 0 spiro atoms. The van der Waals surface area contributed by atoms with Crippen molar-refractivity contribution >= 4 is 11.8 Å². The summed E-state index contributed by atoms with van der Waals surface area (Å²) in [5.41, 5.74) is 1.75. The fraction of sp³-hybridized carbons (Fsp3) is 0.400. The van der Waals surface area contributed by atoms with Gasteiger partial charge in [0, 0.05) is 16.3 Å². The fourth-order valence-electron chi connectivity index (χ4n) is 1.13. The van der Waals surface area contributed by atoms with E-state index in [-0.39, 0.29) is 0 Å². The molecular formula is C10H10N2S. The highest BCUT2D eigenvalue weighted by Gasteiger charge is 2.24. The second-order valence-corrected chi connectivity index (χ2v) is 4.55. The van der Waals surface area contributed by atoms with Crippen molar-refractivity contribution < 1.29 is 0 Å². The first kappa shape index (κ1) is 8.58. The highest BCUT2D eigenvalue weighted by molar-refractivity contribution is 8.00. The van der Waals surface area contributed by atoms with Gasteiger partial charge in [-0.15, -0.1) is 11.8 Å². The minimum Gasteiger partial charge on any atom is -0.244 e. The van der Waals surface area contributed by atoms with E-state index in [1.165, 1.54) is 18.4 Å². The first-order valence-electron chi connectivity index (χ1n) is 4.33. The Morgan fingerprint density at radius 3 is 3.00 bits per heavy atom. The van der Waals surface area contributed by atoms with Gasteiger partial charge >= 0.3 is 0 Å². The van der Waals surface area contributed by atoms with Gasteiger partial charge in [-0.3, -0.25) is 0 Å². The summed E-state index contributed by atoms with van der Waals surface area (Å²) in [5.74, 6) is 0. The van der Waals surface area contributed by atoms with Crippen LogP contribution in [0.4, 0.5) is 0 Å². The molecule has 0 saturated heterocycles. The smallest absolute Gasteiger partial charge is 0.154 e. The lowest BCUT2D eigenvalue weighted by Gasteiger charge is -2.04. The minimum absolute atomic E-state index is 0.580. The lowest BCUT2D eigenvalue weighted by Crippen LogP contribution is -1.90. The molecule has 0 radical (unpaired) electrons. The standard InChI is InChI=1S/C10H10N2S/c1-7-4-5-12-9(6-11)10(7)13-8-2-3-8/h4-5,8H,2-3H2,1H3. The van der Waals surface area contributed by atoms with Gasteiger partial charge in [0.25, 0.3) is 0 Å². The van der Waals surface area contributed by atoms with Gasteiger partial charge in [-0.25, -0.2) is 4.98 Å². The zero-order valence-electron chi connectivity index (χ0n) is 7.45. The molecule has 1 aliphatic rings. The second-order valence-electron chi connectivity index (χ2n) is 3.23. The molecule has 66 valence electrons. The number of nitriles is 1. The number of hydrogen-bond donors (Lipinski definition) is 0. The number of aromatic nitrogens is 1. The molecule has 1 aliphatic carbocycles. The summed E-state index contributed by atoms with van der Waals surface area (Å²) in [6.45, 7) is 2.03. The van der Waals surface area contributed by atoms with Crippen LogP contribution in [0.5, 0.6) is 0 Å². The normalized spacial score (nSPS) is 15.4. The van der Waals surface area contributed by atoms with Crippen LogP contribution in [0.1, 0.15) is 24.1 Å². The fourth-order valence-corrected chi connectivity index (χ4v) is 2.29. The van der Waals surface area contributed by atoms with Gasteiger partial charge in [0.15, 0.2) is 5.69 Å². The molecule has 1 heterocycles. The van der Waals surface area contributed by atoms with Gasteiger partial charge in [-0.05, 0) is 31.4 Å². The van der Waals surface area contributed by atoms with Crippen molar-refractivity contribution in [3.8, 4) is 6.07 Å². The van der Waals surface area contributed by atoms with E-state index in [1.54, 1.807) is 18.0 Å². The van der Waals surface area contributed by atoms with Crippen LogP contribution in [-0.2, 0) is 0 Å². The van der Waals surface area contributed by atoms with Crippen LogP contribution in [0.2, 0.25) is 0 Å². The molecule has 0 unspecified atom stereocenters. The molecule has 0 atom stereocenters. The average molecular weight is 190 g/mol. The maximum absolute atomic E-state index is 8.85. The molecule has 0 aliphatic heterocycles. The first-order chi connectivity index (χ1) is 6.31. The molecular weight excluding hydrogens is 180 g/mol. The molecule has 0 amide bonds. The number of thioether (sulfide) groups is 1. The van der Waals surface area contributed by atoms with Crippen LogP contribution < -0.4 is 0 Å². The predicted molar refractivity (Wildman–Crippen MR) is 52.6 cm³/mol. The maximum Gasteiger partial charge on any atom is 0.154 e. The highest BCUT2D eigenvalue weighted by atomic mass is 32.2. The van der Waals surface area contributed by atoms with Crippen LogP contribution >= 0.6 is 11.8 Å². The van der Waals surface area contributed by atoms with E-state index in [1.807, 2.05) is 13.0 Å². The zero-order valence-corrected chi connectivity index (χ0v) is 8.27. The summed E-state index contributed by atoms with van der Waals surface area (Å²) in [6.07, 6.45) is 4.26. The monoisotopic (exact) mass is 190 g/mol. The molecule has 0 N–H and O–H groups in total. The largest absolute Gasteiger partial charge is 0.244 e. The van der Waals surface area contributed by atoms with E-state index in [4.69, 9.17) is 5.26 Å². The summed E-state index contributed by atoms with van der Waals surface area (Å²) in [4.78, 5) is 5.13. The third-order valence-corrected chi connectivity index (χ3v) is 3.57. The number of rotatable bonds is 2. The maximum atomic E-state index is 8.85. The Balaban J connectivity index is 2.34. The molecule has 1 aromatic rings. The summed E-state index contributed by atoms with van der Waals surface area (Å²) in [6, 6.07) is 4.10. The van der Waals surface area contributed by atoms with Crippen LogP contribution in [0.25, 0.3) is 0 Å². The van der Waals surface area contributed by atoms with Gasteiger partial charge < -0.3 is 0 Å². The lowest BCUT2D eigenvalue weighted by molar-refractivity contribution is 1.13. The third-order valence-electron chi connectivity index (χ3n) is 2.02. The topological polar surface area (TPSA) is 36.7 Å². The highest BCUT2D eigenvalue weighted by Crippen LogP contribution is 2.41. The predicted octanol–water partition coefficient (Wildman–Crippen LogP) is 2.52. The Morgan fingerprint density at radius 2 is 2.38 bits per heavy atom. The van der Waals surface area contributed by atoms with Crippen LogP contribution in [0.3, 0.4) is 0 Å². The summed E-state index contributed by atoms with van der Waals surface area (Å²) >= 11 is 1.80. The summed E-state index contributed by atoms with van der Waals surface area (Å²) in [5, 5.41) is 9.58. The van der Waals surface area contributed by atoms with E-state index >= 15 is 0 Å². The van der Waals surface area contributed by atoms with Crippen LogP contribution in [-0.4, -0.2) is 10.2 Å². The zero-order chi connectivity index (χ0) is 9.26. The Kier molecular flexibility index (Phi) is 2.24. The van der Waals surface area contributed by atoms with E-state index in [0.717, 1.165) is 10.1 Å². The Morgan fingerprint density at radius 1 is 1.62 bits per heavy atom. The van der Waals surface area contributed by atoms with Crippen molar-refractivity contribution in [2.75, 3.05) is 0 Å². The van der Waals surface area contributed by atoms with Gasteiger partial charge in [-0.1, -0.05) is 0 Å². The quantitative estimate of drug-likeness (QED) is 0.719. The lowest BCUT2D eigenvalue weighted by atomic mass is 10.2. The van der Waals surface area contributed by atoms with Crippen LogP contribution in [0.15, 0.2) is 17.2 Å². The Hall–Kier alpha value is -1.01. The Bertz CT molecular complexity index is 364. The molecule has 2 nitrogen and oxygen atoms in total. The summed E-state index contributed by atoms with van der Waals surface area (Å²) < 4.78 is 0. The van der Waals surface area contributed by atoms with E-state index < -0.39 is 0 Å². The van der Waals surface area contributed by atoms with Crippen molar-refractivity contribution in [3.63, 3.8) is 0 Å². The molecule has 2 rings (SSSR count). The van der Waals surface area contributed by atoms with E-state index in [9.17, 15) is 0 Å². The summed E-state index contributed by atoms with van der Waals surface area (Å²) in [7, 11) is 0. The number of nitrogens with zero attached hydrogens (tertiary/aromatic N) is 2. The molecule has 13 heavy (non-hydrogen) atoms. The van der Waals surface area contributed by atoms with Gasteiger partial charge in [-0.2, -0.15) is 5.26 Å². The van der Waals surface area contributed by atoms with E-state index in [0.29, 0.717) is 5.69 Å². The van der Waals surface area contributed by atoms with Gasteiger partial charge in [0.1, 0.15) is 6.07 Å². The number of aryl methyl sites for hydroxylation is 1. The van der Waals surface area contributed by atoms with Crippen molar-refractivity contribution in [2.45, 2.75) is 29.9 Å².